The fourth-order valence-corrected chi connectivity index (χ4v) is 3.38. The van der Waals surface area contributed by atoms with Gasteiger partial charge in [-0.15, -0.1) is 0 Å². The van der Waals surface area contributed by atoms with E-state index in [0.717, 1.165) is 16.7 Å². The zero-order valence-electron chi connectivity index (χ0n) is 16.9. The standard InChI is InChI=1S/C24H21N3O5/c28-19-7-5-16(6-8-19)20-9-10-21(18-11-12-32-14-18)26-22(20)24(30)25-13-15-1-3-17(4-2-15)23(29)27-31/h1-12,14,21,26,28,31H,13H2,(H,25,30)(H,27,29). The van der Waals surface area contributed by atoms with E-state index in [1.807, 2.05) is 18.2 Å². The highest BCUT2D eigenvalue weighted by Crippen LogP contribution is 2.29. The van der Waals surface area contributed by atoms with Crippen LogP contribution in [0, 0.1) is 0 Å². The Bertz CT molecular complexity index is 1160. The van der Waals surface area contributed by atoms with E-state index in [1.54, 1.807) is 66.5 Å². The number of phenolic OH excluding ortho intramolecular Hbond substituents is 1. The maximum Gasteiger partial charge on any atom is 0.274 e. The fraction of sp³-hybridized carbons (Fsp3) is 0.0833. The van der Waals surface area contributed by atoms with Crippen LogP contribution in [-0.4, -0.2) is 22.1 Å². The Morgan fingerprint density at radius 2 is 1.75 bits per heavy atom. The third-order valence-corrected chi connectivity index (χ3v) is 5.10. The summed E-state index contributed by atoms with van der Waals surface area (Å²) in [6, 6.07) is 14.7. The predicted molar refractivity (Wildman–Crippen MR) is 116 cm³/mol. The monoisotopic (exact) mass is 431 g/mol. The van der Waals surface area contributed by atoms with Gasteiger partial charge in [-0.2, -0.15) is 0 Å². The Hall–Kier alpha value is -4.30. The van der Waals surface area contributed by atoms with Gasteiger partial charge in [-0.05, 0) is 41.5 Å². The van der Waals surface area contributed by atoms with Gasteiger partial charge in [0.05, 0.1) is 18.6 Å². The van der Waals surface area contributed by atoms with Gasteiger partial charge >= 0.3 is 0 Å². The number of furan rings is 1. The van der Waals surface area contributed by atoms with Crippen LogP contribution in [0.2, 0.25) is 0 Å². The largest absolute Gasteiger partial charge is 0.508 e. The molecule has 0 fully saturated rings. The topological polar surface area (TPSA) is 124 Å². The quantitative estimate of drug-likeness (QED) is 0.302. The van der Waals surface area contributed by atoms with Gasteiger partial charge in [0.25, 0.3) is 11.8 Å². The molecule has 4 rings (SSSR count). The van der Waals surface area contributed by atoms with Gasteiger partial charge in [-0.1, -0.05) is 36.4 Å². The van der Waals surface area contributed by atoms with Crippen molar-refractivity contribution >= 4 is 17.4 Å². The molecule has 1 aliphatic heterocycles. The molecule has 0 radical (unpaired) electrons. The number of aromatic hydroxyl groups is 1. The Morgan fingerprint density at radius 3 is 2.41 bits per heavy atom. The summed E-state index contributed by atoms with van der Waals surface area (Å²) in [5.41, 5.74) is 5.42. The Kier molecular flexibility index (Phi) is 6.05. The minimum atomic E-state index is -0.604. The summed E-state index contributed by atoms with van der Waals surface area (Å²) >= 11 is 0. The summed E-state index contributed by atoms with van der Waals surface area (Å²) in [4.78, 5) is 24.6. The third-order valence-electron chi connectivity index (χ3n) is 5.10. The van der Waals surface area contributed by atoms with Gasteiger partial charge in [-0.25, -0.2) is 5.48 Å². The molecule has 5 N–H and O–H groups in total. The molecule has 1 aliphatic rings. The van der Waals surface area contributed by atoms with Gasteiger partial charge in [0.2, 0.25) is 0 Å². The van der Waals surface area contributed by atoms with Crippen LogP contribution in [0.1, 0.15) is 33.1 Å². The summed E-state index contributed by atoms with van der Waals surface area (Å²) in [6.07, 6.45) is 7.00. The molecule has 32 heavy (non-hydrogen) atoms. The molecule has 8 heteroatoms. The number of hydrogen-bond acceptors (Lipinski definition) is 6. The normalized spacial score (nSPS) is 15.2. The minimum absolute atomic E-state index is 0.141. The zero-order valence-corrected chi connectivity index (χ0v) is 16.9. The van der Waals surface area contributed by atoms with Crippen molar-refractivity contribution in [2.24, 2.45) is 0 Å². The third kappa shape index (κ3) is 4.55. The number of allylic oxidation sites excluding steroid dienone is 2. The van der Waals surface area contributed by atoms with Crippen LogP contribution in [0.4, 0.5) is 0 Å². The maximum atomic E-state index is 13.1. The van der Waals surface area contributed by atoms with Crippen LogP contribution >= 0.6 is 0 Å². The number of carbonyl (C=O) groups is 2. The maximum absolute atomic E-state index is 13.1. The minimum Gasteiger partial charge on any atom is -0.508 e. The Balaban J connectivity index is 1.55. The lowest BCUT2D eigenvalue weighted by Gasteiger charge is -2.24. The van der Waals surface area contributed by atoms with E-state index in [9.17, 15) is 14.7 Å². The van der Waals surface area contributed by atoms with E-state index in [1.165, 1.54) is 0 Å². The Labute approximate surface area is 183 Å². The SMILES string of the molecule is O=C(NCc1ccc(C(=O)NO)cc1)C1=C(c2ccc(O)cc2)C=CC(c2ccoc2)N1. The average molecular weight is 431 g/mol. The van der Waals surface area contributed by atoms with Gasteiger partial charge in [0.1, 0.15) is 11.4 Å². The van der Waals surface area contributed by atoms with Crippen molar-refractivity contribution in [2.45, 2.75) is 12.6 Å². The molecular weight excluding hydrogens is 410 g/mol. The first-order chi connectivity index (χ1) is 15.5. The number of carbonyl (C=O) groups excluding carboxylic acids is 2. The van der Waals surface area contributed by atoms with Gasteiger partial charge in [0, 0.05) is 23.2 Å². The van der Waals surface area contributed by atoms with Crippen molar-refractivity contribution in [2.75, 3.05) is 0 Å². The van der Waals surface area contributed by atoms with Gasteiger partial charge < -0.3 is 20.2 Å². The van der Waals surface area contributed by atoms with E-state index in [2.05, 4.69) is 10.6 Å². The smallest absolute Gasteiger partial charge is 0.274 e. The molecule has 1 atom stereocenters. The van der Waals surface area contributed by atoms with E-state index in [4.69, 9.17) is 9.62 Å². The second kappa shape index (κ2) is 9.23. The van der Waals surface area contributed by atoms with E-state index >= 15 is 0 Å². The molecule has 0 saturated heterocycles. The molecule has 8 nitrogen and oxygen atoms in total. The lowest BCUT2D eigenvalue weighted by atomic mass is 9.96. The van der Waals surface area contributed by atoms with Crippen molar-refractivity contribution < 1.29 is 24.3 Å². The second-order valence-corrected chi connectivity index (χ2v) is 7.19. The van der Waals surface area contributed by atoms with Crippen LogP contribution < -0.4 is 16.1 Å². The highest BCUT2D eigenvalue weighted by atomic mass is 16.5. The van der Waals surface area contributed by atoms with Crippen LogP contribution in [0.3, 0.4) is 0 Å². The lowest BCUT2D eigenvalue weighted by Crippen LogP contribution is -2.35. The molecule has 0 aliphatic carbocycles. The second-order valence-electron chi connectivity index (χ2n) is 7.19. The Morgan fingerprint density at radius 1 is 1.00 bits per heavy atom. The van der Waals surface area contributed by atoms with Gasteiger partial charge in [-0.3, -0.25) is 14.8 Å². The van der Waals surface area contributed by atoms with Crippen molar-refractivity contribution in [3.8, 4) is 5.75 Å². The summed E-state index contributed by atoms with van der Waals surface area (Å²) in [6.45, 7) is 0.244. The molecule has 0 saturated carbocycles. The predicted octanol–water partition coefficient (Wildman–Crippen LogP) is 3.03. The number of rotatable bonds is 6. The molecule has 1 unspecified atom stereocenters. The first-order valence-electron chi connectivity index (χ1n) is 9.87. The number of nitrogens with one attached hydrogen (secondary N) is 3. The van der Waals surface area contributed by atoms with Crippen molar-refractivity contribution in [3.63, 3.8) is 0 Å². The molecule has 0 spiro atoms. The summed E-state index contributed by atoms with van der Waals surface area (Å²) in [5.74, 6) is -0.765. The first kappa shape index (κ1) is 21.0. The van der Waals surface area contributed by atoms with Gasteiger partial charge in [0.15, 0.2) is 0 Å². The van der Waals surface area contributed by atoms with Crippen LogP contribution in [0.15, 0.2) is 89.4 Å². The number of hydroxylamine groups is 1. The van der Waals surface area contributed by atoms with Crippen molar-refractivity contribution in [1.82, 2.24) is 16.1 Å². The van der Waals surface area contributed by atoms with Crippen LogP contribution in [0.25, 0.3) is 5.57 Å². The molecule has 3 aromatic rings. The van der Waals surface area contributed by atoms with Crippen LogP contribution in [-0.2, 0) is 11.3 Å². The summed E-state index contributed by atoms with van der Waals surface area (Å²) < 4.78 is 5.17. The zero-order chi connectivity index (χ0) is 22.5. The summed E-state index contributed by atoms with van der Waals surface area (Å²) in [7, 11) is 0. The number of hydrogen-bond donors (Lipinski definition) is 5. The highest BCUT2D eigenvalue weighted by molar-refractivity contribution is 6.03. The van der Waals surface area contributed by atoms with E-state index in [-0.39, 0.29) is 24.2 Å². The van der Waals surface area contributed by atoms with Crippen LogP contribution in [0.5, 0.6) is 5.75 Å². The first-order valence-corrected chi connectivity index (χ1v) is 9.87. The molecule has 2 aromatic carbocycles. The number of benzene rings is 2. The van der Waals surface area contributed by atoms with Crippen molar-refractivity contribution in [1.29, 1.82) is 0 Å². The molecule has 2 amide bonds. The molecule has 1 aromatic heterocycles. The molecule has 162 valence electrons. The van der Waals surface area contributed by atoms with E-state index in [0.29, 0.717) is 16.8 Å². The summed E-state index contributed by atoms with van der Waals surface area (Å²) in [5, 5.41) is 24.5. The average Bonchev–Trinajstić information content (AvgIpc) is 3.38. The number of phenols is 1. The highest BCUT2D eigenvalue weighted by Gasteiger charge is 2.23. The molecule has 2 heterocycles. The molecule has 0 bridgehead atoms. The number of dihydropyridines is 1. The van der Waals surface area contributed by atoms with Crippen molar-refractivity contribution in [3.05, 3.63) is 107 Å². The van der Waals surface area contributed by atoms with E-state index < -0.39 is 5.91 Å². The number of amides is 2. The fourth-order valence-electron chi connectivity index (χ4n) is 3.38. The lowest BCUT2D eigenvalue weighted by molar-refractivity contribution is -0.118. The molecular formula is C24H21N3O5.